The number of amides is 1. The van der Waals surface area contributed by atoms with E-state index in [-0.39, 0.29) is 5.91 Å². The zero-order valence-electron chi connectivity index (χ0n) is 9.49. The minimum absolute atomic E-state index is 0.0306. The first-order valence-electron chi connectivity index (χ1n) is 5.59. The number of hydrogen-bond acceptors (Lipinski definition) is 3. The lowest BCUT2D eigenvalue weighted by Gasteiger charge is -2.29. The number of nitrogens with one attached hydrogen (secondary N) is 2. The van der Waals surface area contributed by atoms with Crippen molar-refractivity contribution in [3.05, 3.63) is 29.8 Å². The molecular formula is C12H17N3O. The maximum atomic E-state index is 11.5. The fourth-order valence-corrected chi connectivity index (χ4v) is 1.91. The van der Waals surface area contributed by atoms with Crippen molar-refractivity contribution in [3.8, 4) is 0 Å². The van der Waals surface area contributed by atoms with Crippen LogP contribution in [-0.4, -0.2) is 39.1 Å². The van der Waals surface area contributed by atoms with E-state index >= 15 is 0 Å². The molecule has 16 heavy (non-hydrogen) atoms. The number of carbonyl (C=O) groups is 1. The van der Waals surface area contributed by atoms with Crippen LogP contribution in [0.2, 0.25) is 0 Å². The van der Waals surface area contributed by atoms with Gasteiger partial charge < -0.3 is 15.5 Å². The molecule has 0 spiro atoms. The fraction of sp³-hybridized carbons (Fsp3) is 0.417. The number of piperazine rings is 1. The highest BCUT2D eigenvalue weighted by molar-refractivity contribution is 5.94. The molecule has 0 unspecified atom stereocenters. The average molecular weight is 219 g/mol. The number of benzene rings is 1. The highest BCUT2D eigenvalue weighted by Gasteiger charge is 2.11. The van der Waals surface area contributed by atoms with Gasteiger partial charge in [0.1, 0.15) is 0 Å². The van der Waals surface area contributed by atoms with E-state index in [2.05, 4.69) is 21.6 Å². The van der Waals surface area contributed by atoms with E-state index in [9.17, 15) is 4.79 Å². The Morgan fingerprint density at radius 1 is 1.38 bits per heavy atom. The summed E-state index contributed by atoms with van der Waals surface area (Å²) in [5, 5.41) is 5.95. The van der Waals surface area contributed by atoms with E-state index in [4.69, 9.17) is 0 Å². The van der Waals surface area contributed by atoms with Crippen LogP contribution in [0.15, 0.2) is 24.3 Å². The van der Waals surface area contributed by atoms with E-state index in [0.29, 0.717) is 0 Å². The summed E-state index contributed by atoms with van der Waals surface area (Å²) in [4.78, 5) is 13.8. The number of hydrogen-bond donors (Lipinski definition) is 2. The summed E-state index contributed by atoms with van der Waals surface area (Å²) in [5.74, 6) is -0.0306. The molecule has 86 valence electrons. The molecule has 0 aromatic heterocycles. The van der Waals surface area contributed by atoms with Gasteiger partial charge in [-0.05, 0) is 18.2 Å². The van der Waals surface area contributed by atoms with Crippen LogP contribution in [0.25, 0.3) is 0 Å². The zero-order chi connectivity index (χ0) is 11.4. The zero-order valence-corrected chi connectivity index (χ0v) is 9.49. The second-order valence-corrected chi connectivity index (χ2v) is 3.87. The Bertz CT molecular complexity index is 372. The van der Waals surface area contributed by atoms with Crippen molar-refractivity contribution in [3.63, 3.8) is 0 Å². The SMILES string of the molecule is CNC(=O)c1cccc(N2CCNCC2)c1. The molecule has 0 bridgehead atoms. The molecule has 0 radical (unpaired) electrons. The van der Waals surface area contributed by atoms with Gasteiger partial charge in [0.15, 0.2) is 0 Å². The molecule has 0 saturated carbocycles. The molecule has 1 aliphatic rings. The topological polar surface area (TPSA) is 44.4 Å². The van der Waals surface area contributed by atoms with Crippen molar-refractivity contribution in [2.24, 2.45) is 0 Å². The fourth-order valence-electron chi connectivity index (χ4n) is 1.91. The van der Waals surface area contributed by atoms with E-state index < -0.39 is 0 Å². The van der Waals surface area contributed by atoms with E-state index in [0.717, 1.165) is 37.4 Å². The first-order valence-corrected chi connectivity index (χ1v) is 5.59. The number of rotatable bonds is 2. The van der Waals surface area contributed by atoms with Gasteiger partial charge >= 0.3 is 0 Å². The van der Waals surface area contributed by atoms with Gasteiger partial charge in [0.2, 0.25) is 0 Å². The average Bonchev–Trinajstić information content (AvgIpc) is 2.39. The largest absolute Gasteiger partial charge is 0.369 e. The number of nitrogens with zero attached hydrogens (tertiary/aromatic N) is 1. The molecule has 1 aromatic carbocycles. The molecule has 1 heterocycles. The second-order valence-electron chi connectivity index (χ2n) is 3.87. The van der Waals surface area contributed by atoms with Gasteiger partial charge in [-0.1, -0.05) is 6.07 Å². The molecule has 1 fully saturated rings. The Balaban J connectivity index is 2.17. The van der Waals surface area contributed by atoms with E-state index in [1.807, 2.05) is 18.2 Å². The smallest absolute Gasteiger partial charge is 0.251 e. The van der Waals surface area contributed by atoms with Crippen LogP contribution in [0.4, 0.5) is 5.69 Å². The molecule has 2 rings (SSSR count). The summed E-state index contributed by atoms with van der Waals surface area (Å²) < 4.78 is 0. The first kappa shape index (κ1) is 11.0. The van der Waals surface area contributed by atoms with Crippen LogP contribution in [0.1, 0.15) is 10.4 Å². The third-order valence-corrected chi connectivity index (χ3v) is 2.82. The Labute approximate surface area is 95.6 Å². The van der Waals surface area contributed by atoms with Gasteiger partial charge in [-0.3, -0.25) is 4.79 Å². The Morgan fingerprint density at radius 2 is 2.12 bits per heavy atom. The van der Waals surface area contributed by atoms with Gasteiger partial charge in [0.25, 0.3) is 5.91 Å². The lowest BCUT2D eigenvalue weighted by molar-refractivity contribution is 0.0963. The third-order valence-electron chi connectivity index (χ3n) is 2.82. The summed E-state index contributed by atoms with van der Waals surface area (Å²) in [7, 11) is 1.65. The molecule has 1 aliphatic heterocycles. The van der Waals surface area contributed by atoms with Crippen LogP contribution in [-0.2, 0) is 0 Å². The van der Waals surface area contributed by atoms with Crippen molar-refractivity contribution in [2.75, 3.05) is 38.1 Å². The number of carbonyl (C=O) groups excluding carboxylic acids is 1. The van der Waals surface area contributed by atoms with Gasteiger partial charge in [0, 0.05) is 44.5 Å². The molecule has 1 aromatic rings. The van der Waals surface area contributed by atoms with Gasteiger partial charge in [0.05, 0.1) is 0 Å². The highest BCUT2D eigenvalue weighted by Crippen LogP contribution is 2.16. The van der Waals surface area contributed by atoms with Crippen molar-refractivity contribution in [1.29, 1.82) is 0 Å². The summed E-state index contributed by atoms with van der Waals surface area (Å²) in [6.45, 7) is 4.00. The summed E-state index contributed by atoms with van der Waals surface area (Å²) >= 11 is 0. The Hall–Kier alpha value is -1.55. The Morgan fingerprint density at radius 3 is 2.81 bits per heavy atom. The lowest BCUT2D eigenvalue weighted by Crippen LogP contribution is -2.43. The quantitative estimate of drug-likeness (QED) is 0.759. The van der Waals surface area contributed by atoms with Crippen molar-refractivity contribution in [2.45, 2.75) is 0 Å². The summed E-state index contributed by atoms with van der Waals surface area (Å²) in [6, 6.07) is 7.77. The van der Waals surface area contributed by atoms with Gasteiger partial charge in [-0.15, -0.1) is 0 Å². The molecule has 4 nitrogen and oxygen atoms in total. The monoisotopic (exact) mass is 219 g/mol. The van der Waals surface area contributed by atoms with Crippen LogP contribution in [0, 0.1) is 0 Å². The number of anilines is 1. The second kappa shape index (κ2) is 4.99. The highest BCUT2D eigenvalue weighted by atomic mass is 16.1. The predicted octanol–water partition coefficient (Wildman–Crippen LogP) is 0.456. The third kappa shape index (κ3) is 2.33. The first-order chi connectivity index (χ1) is 7.81. The summed E-state index contributed by atoms with van der Waals surface area (Å²) in [5.41, 5.74) is 1.85. The van der Waals surface area contributed by atoms with Crippen molar-refractivity contribution < 1.29 is 4.79 Å². The summed E-state index contributed by atoms with van der Waals surface area (Å²) in [6.07, 6.45) is 0. The molecular weight excluding hydrogens is 202 g/mol. The van der Waals surface area contributed by atoms with E-state index in [1.165, 1.54) is 0 Å². The van der Waals surface area contributed by atoms with Gasteiger partial charge in [-0.25, -0.2) is 0 Å². The van der Waals surface area contributed by atoms with Crippen molar-refractivity contribution in [1.82, 2.24) is 10.6 Å². The van der Waals surface area contributed by atoms with Crippen molar-refractivity contribution >= 4 is 11.6 Å². The van der Waals surface area contributed by atoms with Crippen LogP contribution < -0.4 is 15.5 Å². The lowest BCUT2D eigenvalue weighted by atomic mass is 10.1. The standard InChI is InChI=1S/C12H17N3O/c1-13-12(16)10-3-2-4-11(9-10)15-7-5-14-6-8-15/h2-4,9,14H,5-8H2,1H3,(H,13,16). The van der Waals surface area contributed by atoms with Crippen LogP contribution in [0.3, 0.4) is 0 Å². The Kier molecular flexibility index (Phi) is 3.41. The molecule has 1 amide bonds. The van der Waals surface area contributed by atoms with Crippen LogP contribution in [0.5, 0.6) is 0 Å². The normalized spacial score (nSPS) is 15.9. The maximum absolute atomic E-state index is 11.5. The molecule has 0 aliphatic carbocycles. The minimum Gasteiger partial charge on any atom is -0.369 e. The predicted molar refractivity (Wildman–Crippen MR) is 64.9 cm³/mol. The van der Waals surface area contributed by atoms with Gasteiger partial charge in [-0.2, -0.15) is 0 Å². The van der Waals surface area contributed by atoms with Crippen LogP contribution >= 0.6 is 0 Å². The molecule has 0 atom stereocenters. The van der Waals surface area contributed by atoms with E-state index in [1.54, 1.807) is 7.05 Å². The molecule has 4 heteroatoms. The molecule has 2 N–H and O–H groups in total. The molecule has 1 saturated heterocycles. The minimum atomic E-state index is -0.0306. The maximum Gasteiger partial charge on any atom is 0.251 e.